The summed E-state index contributed by atoms with van der Waals surface area (Å²) in [5, 5.41) is 3.36. The highest BCUT2D eigenvalue weighted by Gasteiger charge is 2.41. The van der Waals surface area contributed by atoms with Gasteiger partial charge in [0.2, 0.25) is 0 Å². The normalized spacial score (nSPS) is 32.3. The Morgan fingerprint density at radius 3 is 2.95 bits per heavy atom. The van der Waals surface area contributed by atoms with Crippen LogP contribution >= 0.6 is 11.3 Å². The lowest BCUT2D eigenvalue weighted by Gasteiger charge is -2.37. The molecule has 2 heterocycles. The van der Waals surface area contributed by atoms with Crippen molar-refractivity contribution in [2.45, 2.75) is 51.3 Å². The van der Waals surface area contributed by atoms with E-state index in [-0.39, 0.29) is 0 Å². The molecule has 5 heteroatoms. The first-order chi connectivity index (χ1) is 10.8. The Labute approximate surface area is 136 Å². The van der Waals surface area contributed by atoms with Gasteiger partial charge >= 0.3 is 0 Å². The lowest BCUT2D eigenvalue weighted by atomic mass is 10.1. The van der Waals surface area contributed by atoms with Crippen LogP contribution in [0.1, 0.15) is 36.4 Å². The van der Waals surface area contributed by atoms with Gasteiger partial charge in [0, 0.05) is 37.7 Å². The second-order valence-electron chi connectivity index (χ2n) is 7.12. The van der Waals surface area contributed by atoms with Gasteiger partial charge in [-0.25, -0.2) is 4.98 Å². The molecule has 22 heavy (non-hydrogen) atoms. The van der Waals surface area contributed by atoms with Gasteiger partial charge in [-0.15, -0.1) is 11.3 Å². The van der Waals surface area contributed by atoms with Crippen LogP contribution in [-0.4, -0.2) is 48.4 Å². The summed E-state index contributed by atoms with van der Waals surface area (Å²) in [5.74, 6) is 1.54. The fourth-order valence-electron chi connectivity index (χ4n) is 3.83. The van der Waals surface area contributed by atoms with Crippen LogP contribution in [0.4, 0.5) is 0 Å². The Bertz CT molecular complexity index is 503. The van der Waals surface area contributed by atoms with E-state index in [2.05, 4.69) is 22.2 Å². The van der Waals surface area contributed by atoms with Crippen molar-refractivity contribution in [1.82, 2.24) is 9.88 Å². The topological polar surface area (TPSA) is 34.6 Å². The number of aryl methyl sites for hydroxylation is 1. The summed E-state index contributed by atoms with van der Waals surface area (Å²) in [4.78, 5) is 7.21. The second-order valence-corrected chi connectivity index (χ2v) is 8.19. The van der Waals surface area contributed by atoms with E-state index in [1.165, 1.54) is 31.4 Å². The third-order valence-corrected chi connectivity index (χ3v) is 6.01. The minimum absolute atomic E-state index is 0.406. The first-order valence-electron chi connectivity index (χ1n) is 8.62. The average Bonchev–Trinajstić information content (AvgIpc) is 3.08. The molecule has 0 radical (unpaired) electrons. The highest BCUT2D eigenvalue weighted by Crippen LogP contribution is 2.36. The first kappa shape index (κ1) is 15.1. The molecule has 1 aromatic heterocycles. The highest BCUT2D eigenvalue weighted by molar-refractivity contribution is 7.09. The predicted octanol–water partition coefficient (Wildman–Crippen LogP) is 2.86. The molecule has 0 bridgehead atoms. The monoisotopic (exact) mass is 322 g/mol. The fraction of sp³-hybridized carbons (Fsp3) is 0.824. The molecular formula is C17H26N2O2S. The van der Waals surface area contributed by atoms with Gasteiger partial charge < -0.3 is 9.47 Å². The largest absolute Gasteiger partial charge is 0.381 e. The molecule has 0 N–H and O–H groups in total. The molecule has 3 atom stereocenters. The number of fused-ring (bicyclic) bond motifs is 1. The van der Waals surface area contributed by atoms with E-state index in [4.69, 9.17) is 9.47 Å². The van der Waals surface area contributed by atoms with Gasteiger partial charge in [0.25, 0.3) is 0 Å². The van der Waals surface area contributed by atoms with E-state index in [9.17, 15) is 0 Å². The lowest BCUT2D eigenvalue weighted by Crippen LogP contribution is -2.47. The lowest BCUT2D eigenvalue weighted by molar-refractivity contribution is -0.0594. The molecule has 0 spiro atoms. The number of hydrogen-bond donors (Lipinski definition) is 0. The van der Waals surface area contributed by atoms with Crippen molar-refractivity contribution in [2.75, 3.05) is 26.4 Å². The molecule has 4 nitrogen and oxygen atoms in total. The molecule has 4 rings (SSSR count). The third kappa shape index (κ3) is 3.53. The van der Waals surface area contributed by atoms with Gasteiger partial charge in [-0.2, -0.15) is 0 Å². The molecule has 0 amide bonds. The zero-order chi connectivity index (χ0) is 14.9. The summed E-state index contributed by atoms with van der Waals surface area (Å²) < 4.78 is 11.9. The van der Waals surface area contributed by atoms with Crippen LogP contribution in [0.25, 0.3) is 0 Å². The van der Waals surface area contributed by atoms with Crippen LogP contribution in [-0.2, 0) is 16.0 Å². The van der Waals surface area contributed by atoms with Crippen LogP contribution in [0.5, 0.6) is 0 Å². The molecule has 1 unspecified atom stereocenters. The molecule has 1 aliphatic heterocycles. The molecule has 3 aliphatic rings. The average molecular weight is 322 g/mol. The Kier molecular flexibility index (Phi) is 4.49. The maximum absolute atomic E-state index is 6.03. The van der Waals surface area contributed by atoms with Crippen LogP contribution in [0, 0.1) is 18.8 Å². The number of rotatable bonds is 6. The van der Waals surface area contributed by atoms with Crippen molar-refractivity contribution in [2.24, 2.45) is 11.8 Å². The van der Waals surface area contributed by atoms with Crippen molar-refractivity contribution in [1.29, 1.82) is 0 Å². The van der Waals surface area contributed by atoms with E-state index in [0.717, 1.165) is 43.8 Å². The Morgan fingerprint density at radius 2 is 2.18 bits per heavy atom. The van der Waals surface area contributed by atoms with Crippen molar-refractivity contribution < 1.29 is 9.47 Å². The van der Waals surface area contributed by atoms with E-state index in [0.29, 0.717) is 18.1 Å². The number of ether oxygens (including phenoxy) is 2. The Morgan fingerprint density at radius 1 is 1.32 bits per heavy atom. The maximum Gasteiger partial charge on any atom is 0.0897 e. The van der Waals surface area contributed by atoms with Crippen LogP contribution < -0.4 is 0 Å². The van der Waals surface area contributed by atoms with Gasteiger partial charge in [-0.1, -0.05) is 0 Å². The van der Waals surface area contributed by atoms with E-state index >= 15 is 0 Å². The van der Waals surface area contributed by atoms with Crippen LogP contribution in [0.3, 0.4) is 0 Å². The fourth-order valence-corrected chi connectivity index (χ4v) is 4.44. The SMILES string of the molecule is Cc1nc(CN2CCO[C@@H]3CC(COCC4CC4)C[C@H]32)cs1. The van der Waals surface area contributed by atoms with Crippen molar-refractivity contribution >= 4 is 11.3 Å². The number of nitrogens with zero attached hydrogens (tertiary/aromatic N) is 2. The number of thiazole rings is 1. The molecule has 2 saturated carbocycles. The zero-order valence-electron chi connectivity index (χ0n) is 13.4. The van der Waals surface area contributed by atoms with E-state index in [1.807, 2.05) is 0 Å². The number of hydrogen-bond acceptors (Lipinski definition) is 5. The third-order valence-electron chi connectivity index (χ3n) is 5.18. The van der Waals surface area contributed by atoms with Gasteiger partial charge in [0.05, 0.1) is 23.4 Å². The molecule has 122 valence electrons. The second kappa shape index (κ2) is 6.56. The zero-order valence-corrected chi connectivity index (χ0v) is 14.2. The van der Waals surface area contributed by atoms with E-state index in [1.54, 1.807) is 11.3 Å². The van der Waals surface area contributed by atoms with E-state index < -0.39 is 0 Å². The number of aromatic nitrogens is 1. The summed E-state index contributed by atoms with van der Waals surface area (Å²) >= 11 is 1.75. The highest BCUT2D eigenvalue weighted by atomic mass is 32.1. The smallest absolute Gasteiger partial charge is 0.0897 e. The predicted molar refractivity (Wildman–Crippen MR) is 87.1 cm³/mol. The number of morpholine rings is 1. The summed E-state index contributed by atoms with van der Waals surface area (Å²) in [5.41, 5.74) is 1.22. The quantitative estimate of drug-likeness (QED) is 0.806. The van der Waals surface area contributed by atoms with Gasteiger partial charge in [0.15, 0.2) is 0 Å². The van der Waals surface area contributed by atoms with Gasteiger partial charge in [-0.3, -0.25) is 4.90 Å². The van der Waals surface area contributed by atoms with Crippen molar-refractivity contribution in [3.63, 3.8) is 0 Å². The van der Waals surface area contributed by atoms with Crippen LogP contribution in [0.2, 0.25) is 0 Å². The van der Waals surface area contributed by atoms with Crippen molar-refractivity contribution in [3.8, 4) is 0 Å². The molecule has 2 aliphatic carbocycles. The molecule has 3 fully saturated rings. The summed E-state index contributed by atoms with van der Waals surface area (Å²) in [6.07, 6.45) is 5.54. The molecule has 1 saturated heterocycles. The first-order valence-corrected chi connectivity index (χ1v) is 9.50. The standard InChI is InChI=1S/C17H26N2O2S/c1-12-18-15(11-22-12)8-19-4-5-21-17-7-14(6-16(17)19)10-20-9-13-2-3-13/h11,13-14,16-17H,2-10H2,1H3/t14?,16-,17-/m1/s1. The van der Waals surface area contributed by atoms with Gasteiger partial charge in [0.1, 0.15) is 0 Å². The minimum Gasteiger partial charge on any atom is -0.381 e. The molecule has 1 aromatic rings. The maximum atomic E-state index is 6.03. The Hall–Kier alpha value is -0.490. The summed E-state index contributed by atoms with van der Waals surface area (Å²) in [6, 6.07) is 0.560. The van der Waals surface area contributed by atoms with Gasteiger partial charge in [-0.05, 0) is 44.4 Å². The van der Waals surface area contributed by atoms with Crippen molar-refractivity contribution in [3.05, 3.63) is 16.1 Å². The molecular weight excluding hydrogens is 296 g/mol. The molecule has 0 aromatic carbocycles. The Balaban J connectivity index is 1.31. The summed E-state index contributed by atoms with van der Waals surface area (Å²) in [6.45, 7) is 6.86. The summed E-state index contributed by atoms with van der Waals surface area (Å²) in [7, 11) is 0. The minimum atomic E-state index is 0.406. The van der Waals surface area contributed by atoms with Crippen LogP contribution in [0.15, 0.2) is 5.38 Å².